The fraction of sp³-hybridized carbons (Fsp3) is 0.360. The van der Waals surface area contributed by atoms with Gasteiger partial charge < -0.3 is 14.5 Å². The number of carbonyl (C=O) groups excluding carboxylic acids is 1. The number of hydrogen-bond acceptors (Lipinski definition) is 4. The van der Waals surface area contributed by atoms with E-state index in [9.17, 15) is 4.79 Å². The Kier molecular flexibility index (Phi) is 5.03. The van der Waals surface area contributed by atoms with Crippen molar-refractivity contribution in [3.05, 3.63) is 60.2 Å². The van der Waals surface area contributed by atoms with Crippen LogP contribution in [0.15, 0.2) is 54.6 Å². The molecule has 0 spiro atoms. The molecular formula is C25H27N3O2. The van der Waals surface area contributed by atoms with Crippen LogP contribution in [0.4, 0.5) is 11.5 Å². The summed E-state index contributed by atoms with van der Waals surface area (Å²) < 4.78 is 6.01. The van der Waals surface area contributed by atoms with E-state index in [2.05, 4.69) is 30.0 Å². The van der Waals surface area contributed by atoms with Gasteiger partial charge in [0.05, 0.1) is 0 Å². The lowest BCUT2D eigenvalue weighted by Gasteiger charge is -2.34. The number of para-hydroxylation sites is 2. The van der Waals surface area contributed by atoms with Crippen LogP contribution in [-0.4, -0.2) is 36.6 Å². The van der Waals surface area contributed by atoms with E-state index in [4.69, 9.17) is 9.72 Å². The standard InChI is InChI=1S/C25H27N3O2/c1-18-7-4-5-15-27(18)23-13-12-20-9-6-11-22(25(20)26-23)30-17-24(29)28-16-14-19-8-2-3-10-21(19)28/h2-3,6,8-13,18H,4-5,7,14-17H2,1H3. The van der Waals surface area contributed by atoms with E-state index >= 15 is 0 Å². The molecule has 1 saturated heterocycles. The van der Waals surface area contributed by atoms with Crippen LogP contribution in [0.25, 0.3) is 10.9 Å². The first-order valence-corrected chi connectivity index (χ1v) is 10.9. The Morgan fingerprint density at radius 3 is 2.87 bits per heavy atom. The fourth-order valence-electron chi connectivity index (χ4n) is 4.64. The van der Waals surface area contributed by atoms with Crippen molar-refractivity contribution in [1.82, 2.24) is 4.98 Å². The number of piperidine rings is 1. The predicted molar refractivity (Wildman–Crippen MR) is 120 cm³/mol. The third kappa shape index (κ3) is 3.49. The highest BCUT2D eigenvalue weighted by Gasteiger charge is 2.25. The lowest BCUT2D eigenvalue weighted by molar-refractivity contribution is -0.120. The van der Waals surface area contributed by atoms with Gasteiger partial charge >= 0.3 is 0 Å². The van der Waals surface area contributed by atoms with Crippen molar-refractivity contribution in [2.75, 3.05) is 29.5 Å². The van der Waals surface area contributed by atoms with Crippen molar-refractivity contribution < 1.29 is 9.53 Å². The zero-order valence-corrected chi connectivity index (χ0v) is 17.4. The molecule has 3 heterocycles. The molecule has 1 unspecified atom stereocenters. The van der Waals surface area contributed by atoms with E-state index in [0.29, 0.717) is 18.3 Å². The summed E-state index contributed by atoms with van der Waals surface area (Å²) in [5.74, 6) is 1.64. The van der Waals surface area contributed by atoms with Gasteiger partial charge in [0.2, 0.25) is 0 Å². The number of benzene rings is 2. The van der Waals surface area contributed by atoms with Gasteiger partial charge in [-0.15, -0.1) is 0 Å². The predicted octanol–water partition coefficient (Wildman–Crippen LogP) is 4.58. The van der Waals surface area contributed by atoms with Crippen molar-refractivity contribution in [2.24, 2.45) is 0 Å². The molecule has 0 aliphatic carbocycles. The van der Waals surface area contributed by atoms with E-state index < -0.39 is 0 Å². The summed E-state index contributed by atoms with van der Waals surface area (Å²) in [4.78, 5) is 22.0. The first kappa shape index (κ1) is 18.9. The number of nitrogens with zero attached hydrogens (tertiary/aromatic N) is 3. The normalized spacial score (nSPS) is 18.5. The molecule has 2 aliphatic heterocycles. The largest absolute Gasteiger partial charge is 0.481 e. The molecule has 0 bridgehead atoms. The first-order chi connectivity index (χ1) is 14.7. The molecule has 30 heavy (non-hydrogen) atoms. The van der Waals surface area contributed by atoms with Crippen LogP contribution in [0, 0.1) is 0 Å². The van der Waals surface area contributed by atoms with Crippen LogP contribution < -0.4 is 14.5 Å². The van der Waals surface area contributed by atoms with E-state index in [1.54, 1.807) is 0 Å². The zero-order valence-electron chi connectivity index (χ0n) is 17.4. The molecule has 0 saturated carbocycles. The van der Waals surface area contributed by atoms with Gasteiger partial charge in [0.15, 0.2) is 6.61 Å². The molecule has 0 N–H and O–H groups in total. The second-order valence-corrected chi connectivity index (χ2v) is 8.25. The van der Waals surface area contributed by atoms with E-state index in [1.807, 2.05) is 41.3 Å². The third-order valence-electron chi connectivity index (χ3n) is 6.31. The number of amides is 1. The minimum Gasteiger partial charge on any atom is -0.481 e. The van der Waals surface area contributed by atoms with Crippen molar-refractivity contribution >= 4 is 28.3 Å². The number of ether oxygens (including phenoxy) is 1. The Labute approximate surface area is 177 Å². The summed E-state index contributed by atoms with van der Waals surface area (Å²) in [7, 11) is 0. The molecule has 1 aromatic heterocycles. The van der Waals surface area contributed by atoms with E-state index in [0.717, 1.165) is 35.4 Å². The van der Waals surface area contributed by atoms with Crippen LogP contribution in [-0.2, 0) is 11.2 Å². The number of anilines is 2. The molecule has 1 fully saturated rings. The van der Waals surface area contributed by atoms with Gasteiger partial charge in [-0.1, -0.05) is 30.3 Å². The van der Waals surface area contributed by atoms with Gasteiger partial charge in [-0.2, -0.15) is 0 Å². The number of hydrogen-bond donors (Lipinski definition) is 0. The highest BCUT2D eigenvalue weighted by Crippen LogP contribution is 2.30. The smallest absolute Gasteiger partial charge is 0.264 e. The summed E-state index contributed by atoms with van der Waals surface area (Å²) in [6, 6.07) is 18.7. The van der Waals surface area contributed by atoms with Crippen LogP contribution in [0.3, 0.4) is 0 Å². The van der Waals surface area contributed by atoms with Gasteiger partial charge in [0.1, 0.15) is 17.1 Å². The van der Waals surface area contributed by atoms with Crippen molar-refractivity contribution in [1.29, 1.82) is 0 Å². The highest BCUT2D eigenvalue weighted by atomic mass is 16.5. The molecule has 2 aromatic carbocycles. The maximum absolute atomic E-state index is 12.8. The average molecular weight is 402 g/mol. The Balaban J connectivity index is 1.36. The summed E-state index contributed by atoms with van der Waals surface area (Å²) in [6.07, 6.45) is 4.58. The molecule has 1 atom stereocenters. The van der Waals surface area contributed by atoms with Gasteiger partial charge in [-0.25, -0.2) is 4.98 Å². The Bertz CT molecular complexity index is 1080. The van der Waals surface area contributed by atoms with Crippen LogP contribution >= 0.6 is 0 Å². The van der Waals surface area contributed by atoms with Gasteiger partial charge in [-0.05, 0) is 62.4 Å². The molecule has 2 aliphatic rings. The van der Waals surface area contributed by atoms with Gasteiger partial charge in [0.25, 0.3) is 5.91 Å². The van der Waals surface area contributed by atoms with Crippen molar-refractivity contribution in [3.63, 3.8) is 0 Å². The topological polar surface area (TPSA) is 45.7 Å². The highest BCUT2D eigenvalue weighted by molar-refractivity contribution is 5.96. The summed E-state index contributed by atoms with van der Waals surface area (Å²) >= 11 is 0. The molecule has 5 rings (SSSR count). The number of aromatic nitrogens is 1. The van der Waals surface area contributed by atoms with Crippen LogP contribution in [0.2, 0.25) is 0 Å². The lowest BCUT2D eigenvalue weighted by Crippen LogP contribution is -2.37. The minimum atomic E-state index is -0.0160. The minimum absolute atomic E-state index is 0.0134. The Morgan fingerprint density at radius 2 is 1.97 bits per heavy atom. The van der Waals surface area contributed by atoms with Gasteiger partial charge in [-0.3, -0.25) is 4.79 Å². The average Bonchev–Trinajstić information content (AvgIpc) is 3.22. The fourth-order valence-corrected chi connectivity index (χ4v) is 4.64. The van der Waals surface area contributed by atoms with Crippen LogP contribution in [0.1, 0.15) is 31.7 Å². The summed E-state index contributed by atoms with van der Waals surface area (Å²) in [6.45, 7) is 4.03. The summed E-state index contributed by atoms with van der Waals surface area (Å²) in [5, 5.41) is 1.03. The lowest BCUT2D eigenvalue weighted by atomic mass is 10.0. The maximum Gasteiger partial charge on any atom is 0.264 e. The summed E-state index contributed by atoms with van der Waals surface area (Å²) in [5.41, 5.74) is 3.05. The monoisotopic (exact) mass is 401 g/mol. The molecule has 5 nitrogen and oxygen atoms in total. The number of rotatable bonds is 4. The molecule has 3 aromatic rings. The van der Waals surface area contributed by atoms with E-state index in [1.165, 1.54) is 24.8 Å². The zero-order chi connectivity index (χ0) is 20.5. The molecule has 0 radical (unpaired) electrons. The van der Waals surface area contributed by atoms with Crippen LogP contribution in [0.5, 0.6) is 5.75 Å². The van der Waals surface area contributed by atoms with E-state index in [-0.39, 0.29) is 12.5 Å². The Morgan fingerprint density at radius 1 is 1.07 bits per heavy atom. The third-order valence-corrected chi connectivity index (χ3v) is 6.31. The number of fused-ring (bicyclic) bond motifs is 2. The molecule has 5 heteroatoms. The SMILES string of the molecule is CC1CCCCN1c1ccc2cccc(OCC(=O)N3CCc4ccccc43)c2n1. The molecule has 154 valence electrons. The number of pyridine rings is 1. The van der Waals surface area contributed by atoms with Crippen molar-refractivity contribution in [2.45, 2.75) is 38.6 Å². The molecule has 1 amide bonds. The maximum atomic E-state index is 12.8. The second-order valence-electron chi connectivity index (χ2n) is 8.25. The van der Waals surface area contributed by atoms with Gasteiger partial charge in [0, 0.05) is 30.2 Å². The Hall–Kier alpha value is -3.08. The quantitative estimate of drug-likeness (QED) is 0.642. The number of carbonyl (C=O) groups is 1. The first-order valence-electron chi connectivity index (χ1n) is 10.9. The molecular weight excluding hydrogens is 374 g/mol. The van der Waals surface area contributed by atoms with Crippen molar-refractivity contribution in [3.8, 4) is 5.75 Å². The second kappa shape index (κ2) is 7.98.